The molecule has 0 aliphatic heterocycles. The fraction of sp³-hybridized carbons (Fsp3) is 0.200. The lowest BCUT2D eigenvalue weighted by atomic mass is 9.95. The number of anilines is 3. The number of rotatable bonds is 5. The first-order chi connectivity index (χ1) is 13.4. The van der Waals surface area contributed by atoms with Gasteiger partial charge >= 0.3 is 5.69 Å². The number of thiazole rings is 1. The molecule has 0 atom stereocenters. The highest BCUT2D eigenvalue weighted by Crippen LogP contribution is 2.30. The summed E-state index contributed by atoms with van der Waals surface area (Å²) in [5.74, 6) is 0.664. The zero-order chi connectivity index (χ0) is 19.7. The van der Waals surface area contributed by atoms with Crippen LogP contribution in [0.15, 0.2) is 58.8 Å². The Bertz CT molecular complexity index is 1170. The highest BCUT2D eigenvalue weighted by molar-refractivity contribution is 7.16. The standard InChI is InChI=1S/C20H20N6OS/c1-20(2,13-8-5-4-6-9-13)25-17-22-18(24-19(27)23-17)26(3)14-10-7-11-15-16(14)21-12-28-15/h4-12H,1-3H3,(H2,22,23,24,25,27). The van der Waals surface area contributed by atoms with E-state index in [4.69, 9.17) is 0 Å². The molecule has 7 nitrogen and oxygen atoms in total. The Kier molecular flexibility index (Phi) is 4.56. The SMILES string of the molecule is CN(c1nc(NC(C)(C)c2ccccc2)[nH]c(=O)n1)c1cccc2scnc12. The molecule has 2 aromatic heterocycles. The molecule has 8 heteroatoms. The third-order valence-electron chi connectivity index (χ3n) is 4.57. The molecule has 0 saturated heterocycles. The third-order valence-corrected chi connectivity index (χ3v) is 5.36. The van der Waals surface area contributed by atoms with Gasteiger partial charge in [-0.2, -0.15) is 9.97 Å². The second kappa shape index (κ2) is 7.05. The van der Waals surface area contributed by atoms with E-state index < -0.39 is 11.2 Å². The van der Waals surface area contributed by atoms with Gasteiger partial charge in [-0.3, -0.25) is 4.98 Å². The maximum absolute atomic E-state index is 12.2. The van der Waals surface area contributed by atoms with Gasteiger partial charge in [0, 0.05) is 7.05 Å². The number of fused-ring (bicyclic) bond motifs is 1. The van der Waals surface area contributed by atoms with Crippen LogP contribution in [0.5, 0.6) is 0 Å². The van der Waals surface area contributed by atoms with E-state index in [1.54, 1.807) is 21.7 Å². The smallest absolute Gasteiger partial charge is 0.347 e. The van der Waals surface area contributed by atoms with E-state index in [2.05, 4.69) is 25.3 Å². The Labute approximate surface area is 166 Å². The molecular weight excluding hydrogens is 372 g/mol. The second-order valence-corrected chi connectivity index (χ2v) is 7.84. The summed E-state index contributed by atoms with van der Waals surface area (Å²) in [6.07, 6.45) is 0. The van der Waals surface area contributed by atoms with Crippen molar-refractivity contribution in [2.75, 3.05) is 17.3 Å². The molecule has 0 spiro atoms. The summed E-state index contributed by atoms with van der Waals surface area (Å²) >= 11 is 1.57. The third kappa shape index (κ3) is 3.46. The van der Waals surface area contributed by atoms with E-state index in [1.807, 2.05) is 69.4 Å². The minimum absolute atomic E-state index is 0.301. The minimum Gasteiger partial charge on any atom is -0.347 e. The molecule has 0 saturated carbocycles. The van der Waals surface area contributed by atoms with Gasteiger partial charge < -0.3 is 10.2 Å². The maximum atomic E-state index is 12.2. The van der Waals surface area contributed by atoms with E-state index in [0.29, 0.717) is 11.9 Å². The molecular formula is C20H20N6OS. The van der Waals surface area contributed by atoms with Crippen molar-refractivity contribution in [3.8, 4) is 0 Å². The monoisotopic (exact) mass is 392 g/mol. The van der Waals surface area contributed by atoms with Crippen molar-refractivity contribution < 1.29 is 0 Å². The molecule has 0 amide bonds. The highest BCUT2D eigenvalue weighted by atomic mass is 32.1. The maximum Gasteiger partial charge on any atom is 0.351 e. The number of para-hydroxylation sites is 1. The predicted octanol–water partition coefficient (Wildman–Crippen LogP) is 3.89. The van der Waals surface area contributed by atoms with E-state index in [-0.39, 0.29) is 0 Å². The number of hydrogen-bond donors (Lipinski definition) is 2. The normalized spacial score (nSPS) is 11.5. The number of aromatic nitrogens is 4. The van der Waals surface area contributed by atoms with Crippen LogP contribution in [-0.2, 0) is 5.54 Å². The van der Waals surface area contributed by atoms with Gasteiger partial charge in [0.1, 0.15) is 5.52 Å². The fourth-order valence-corrected chi connectivity index (χ4v) is 3.75. The first-order valence-electron chi connectivity index (χ1n) is 8.82. The van der Waals surface area contributed by atoms with Crippen LogP contribution in [0.25, 0.3) is 10.2 Å². The summed E-state index contributed by atoms with van der Waals surface area (Å²) in [7, 11) is 1.83. The topological polar surface area (TPSA) is 86.8 Å². The molecule has 0 aliphatic carbocycles. The minimum atomic E-state index is -0.464. The van der Waals surface area contributed by atoms with Crippen LogP contribution in [0, 0.1) is 0 Å². The summed E-state index contributed by atoms with van der Waals surface area (Å²) < 4.78 is 1.07. The molecule has 4 aromatic rings. The molecule has 0 fully saturated rings. The van der Waals surface area contributed by atoms with Crippen molar-refractivity contribution in [2.45, 2.75) is 19.4 Å². The zero-order valence-corrected chi connectivity index (χ0v) is 16.6. The number of benzene rings is 2. The molecule has 0 unspecified atom stereocenters. The molecule has 4 rings (SSSR count). The van der Waals surface area contributed by atoms with Gasteiger partial charge in [0.15, 0.2) is 0 Å². The summed E-state index contributed by atoms with van der Waals surface area (Å²) in [5.41, 5.74) is 3.69. The highest BCUT2D eigenvalue weighted by Gasteiger charge is 2.22. The van der Waals surface area contributed by atoms with Crippen LogP contribution >= 0.6 is 11.3 Å². The van der Waals surface area contributed by atoms with Gasteiger partial charge in [-0.25, -0.2) is 9.78 Å². The van der Waals surface area contributed by atoms with Crippen LogP contribution in [-0.4, -0.2) is 27.0 Å². The van der Waals surface area contributed by atoms with E-state index in [9.17, 15) is 4.79 Å². The van der Waals surface area contributed by atoms with E-state index >= 15 is 0 Å². The number of nitrogens with zero attached hydrogens (tertiary/aromatic N) is 4. The number of aromatic amines is 1. The average molecular weight is 392 g/mol. The van der Waals surface area contributed by atoms with Crippen molar-refractivity contribution in [1.29, 1.82) is 0 Å². The lowest BCUT2D eigenvalue weighted by molar-refractivity contribution is 0.600. The van der Waals surface area contributed by atoms with Crippen LogP contribution in [0.3, 0.4) is 0 Å². The summed E-state index contributed by atoms with van der Waals surface area (Å²) in [6, 6.07) is 15.9. The van der Waals surface area contributed by atoms with Crippen molar-refractivity contribution in [1.82, 2.24) is 19.9 Å². The van der Waals surface area contributed by atoms with Crippen molar-refractivity contribution in [3.05, 3.63) is 70.1 Å². The van der Waals surface area contributed by atoms with Gasteiger partial charge in [-0.15, -0.1) is 11.3 Å². The van der Waals surface area contributed by atoms with E-state index in [0.717, 1.165) is 21.5 Å². The average Bonchev–Trinajstić information content (AvgIpc) is 3.16. The largest absolute Gasteiger partial charge is 0.351 e. The molecule has 0 radical (unpaired) electrons. The van der Waals surface area contributed by atoms with Crippen LogP contribution in [0.1, 0.15) is 19.4 Å². The molecule has 2 aromatic carbocycles. The van der Waals surface area contributed by atoms with Gasteiger partial charge in [0.2, 0.25) is 11.9 Å². The lowest BCUT2D eigenvalue weighted by Gasteiger charge is -2.27. The molecule has 2 N–H and O–H groups in total. The van der Waals surface area contributed by atoms with E-state index in [1.165, 1.54) is 0 Å². The Hall–Kier alpha value is -3.26. The van der Waals surface area contributed by atoms with Crippen LogP contribution < -0.4 is 15.9 Å². The lowest BCUT2D eigenvalue weighted by Crippen LogP contribution is -2.31. The quantitative estimate of drug-likeness (QED) is 0.536. The molecule has 0 aliphatic rings. The summed E-state index contributed by atoms with van der Waals surface area (Å²) in [5, 5.41) is 3.31. The fourth-order valence-electron chi connectivity index (χ4n) is 3.06. The zero-order valence-electron chi connectivity index (χ0n) is 15.8. The van der Waals surface area contributed by atoms with Crippen molar-refractivity contribution >= 4 is 39.1 Å². The van der Waals surface area contributed by atoms with Crippen LogP contribution in [0.2, 0.25) is 0 Å². The molecule has 2 heterocycles. The van der Waals surface area contributed by atoms with Crippen molar-refractivity contribution in [2.24, 2.45) is 0 Å². The Morgan fingerprint density at radius 3 is 2.64 bits per heavy atom. The van der Waals surface area contributed by atoms with Gasteiger partial charge in [-0.1, -0.05) is 36.4 Å². The molecule has 28 heavy (non-hydrogen) atoms. The Morgan fingerprint density at radius 1 is 1.07 bits per heavy atom. The first-order valence-corrected chi connectivity index (χ1v) is 9.70. The Morgan fingerprint density at radius 2 is 1.86 bits per heavy atom. The van der Waals surface area contributed by atoms with Crippen LogP contribution in [0.4, 0.5) is 17.6 Å². The molecule has 142 valence electrons. The summed E-state index contributed by atoms with van der Waals surface area (Å²) in [6.45, 7) is 4.06. The molecule has 0 bridgehead atoms. The number of H-pyrrole nitrogens is 1. The summed E-state index contributed by atoms with van der Waals surface area (Å²) in [4.78, 5) is 29.7. The number of nitrogens with one attached hydrogen (secondary N) is 2. The predicted molar refractivity (Wildman–Crippen MR) is 113 cm³/mol. The van der Waals surface area contributed by atoms with Crippen molar-refractivity contribution in [3.63, 3.8) is 0 Å². The van der Waals surface area contributed by atoms with Gasteiger partial charge in [0.05, 0.1) is 21.4 Å². The van der Waals surface area contributed by atoms with Gasteiger partial charge in [-0.05, 0) is 31.5 Å². The van der Waals surface area contributed by atoms with Gasteiger partial charge in [0.25, 0.3) is 0 Å². The first kappa shape index (κ1) is 18.1. The Balaban J connectivity index is 1.69. The number of hydrogen-bond acceptors (Lipinski definition) is 7. The second-order valence-electron chi connectivity index (χ2n) is 6.95.